The maximum Gasteiger partial charge on any atom is 0.413 e. The molecule has 0 aliphatic heterocycles. The fourth-order valence-electron chi connectivity index (χ4n) is 6.80. The highest BCUT2D eigenvalue weighted by molar-refractivity contribution is 5.94. The van der Waals surface area contributed by atoms with Gasteiger partial charge in [-0.2, -0.15) is 0 Å². The van der Waals surface area contributed by atoms with Crippen LogP contribution in [0.3, 0.4) is 0 Å². The average molecular weight is 448 g/mol. The van der Waals surface area contributed by atoms with Crippen LogP contribution in [-0.4, -0.2) is 32.5 Å². The minimum atomic E-state index is -0.487. The van der Waals surface area contributed by atoms with E-state index >= 15 is 0 Å². The van der Waals surface area contributed by atoms with Crippen molar-refractivity contribution >= 4 is 17.6 Å². The lowest BCUT2D eigenvalue weighted by Crippen LogP contribution is -2.70. The second-order valence-corrected chi connectivity index (χ2v) is 10.1. The Bertz CT molecular complexity index is 1240. The molecule has 4 saturated carbocycles. The molecule has 2 aromatic heterocycles. The lowest BCUT2D eigenvalue weighted by molar-refractivity contribution is -0.0449. The molecule has 1 aromatic carbocycles. The van der Waals surface area contributed by atoms with Crippen LogP contribution >= 0.6 is 0 Å². The quantitative estimate of drug-likeness (QED) is 0.630. The summed E-state index contributed by atoms with van der Waals surface area (Å²) in [6.45, 7) is 0. The van der Waals surface area contributed by atoms with Crippen molar-refractivity contribution in [3.63, 3.8) is 0 Å². The first-order valence-corrected chi connectivity index (χ1v) is 11.4. The maximum atomic E-state index is 13.6. The maximum absolute atomic E-state index is 13.6. The molecule has 4 aliphatic carbocycles. The summed E-state index contributed by atoms with van der Waals surface area (Å²) in [4.78, 5) is 30.0. The van der Waals surface area contributed by atoms with Crippen molar-refractivity contribution in [3.05, 3.63) is 66.4 Å². The highest BCUT2D eigenvalue weighted by Gasteiger charge is 2.59. The number of carbonyl (C=O) groups excluding carboxylic acids is 2. The summed E-state index contributed by atoms with van der Waals surface area (Å²) < 4.78 is 21.1. The molecule has 0 saturated heterocycles. The van der Waals surface area contributed by atoms with Crippen LogP contribution in [0.25, 0.3) is 5.65 Å². The lowest BCUT2D eigenvalue weighted by Gasteiger charge is -2.62. The molecule has 170 valence electrons. The largest absolute Gasteiger partial charge is 0.413 e. The molecule has 33 heavy (non-hydrogen) atoms. The molecule has 4 fully saturated rings. The van der Waals surface area contributed by atoms with E-state index in [-0.39, 0.29) is 5.91 Å². The minimum absolute atomic E-state index is 0.262. The predicted molar refractivity (Wildman–Crippen MR) is 118 cm³/mol. The SMILES string of the molecule is O=C(NC12CC3CC(C1)CC(NC(=O)c1cccc(F)c1)(C3)C2)Oc1ccn2ccnc2c1. The Morgan fingerprint density at radius 2 is 1.79 bits per heavy atom. The Balaban J connectivity index is 1.19. The second kappa shape index (κ2) is 7.30. The van der Waals surface area contributed by atoms with E-state index in [1.54, 1.807) is 36.7 Å². The molecule has 0 radical (unpaired) electrons. The summed E-state index contributed by atoms with van der Waals surface area (Å²) in [6, 6.07) is 9.22. The van der Waals surface area contributed by atoms with Crippen molar-refractivity contribution in [3.8, 4) is 5.75 Å². The molecule has 4 bridgehead atoms. The Labute approximate surface area is 190 Å². The van der Waals surface area contributed by atoms with Crippen LogP contribution in [0.1, 0.15) is 48.9 Å². The van der Waals surface area contributed by atoms with Crippen LogP contribution in [0.15, 0.2) is 55.0 Å². The summed E-state index contributed by atoms with van der Waals surface area (Å²) in [6.07, 6.45) is 10.1. The van der Waals surface area contributed by atoms with Gasteiger partial charge in [0.1, 0.15) is 17.2 Å². The van der Waals surface area contributed by atoms with Crippen LogP contribution < -0.4 is 15.4 Å². The first-order valence-electron chi connectivity index (χ1n) is 11.4. The van der Waals surface area contributed by atoms with Crippen LogP contribution in [-0.2, 0) is 0 Å². The standard InChI is InChI=1S/C25H25FN4O3/c26-19-3-1-2-18(9-19)22(31)28-24-11-16-8-17(12-24)14-25(13-16,15-24)29-23(32)33-20-4-6-30-7-5-27-21(30)10-20/h1-7,9-10,16-17H,8,11-15H2,(H,28,31)(H,29,32). The van der Waals surface area contributed by atoms with E-state index in [1.165, 1.54) is 12.1 Å². The Morgan fingerprint density at radius 1 is 1.03 bits per heavy atom. The van der Waals surface area contributed by atoms with Crippen molar-refractivity contribution in [1.29, 1.82) is 0 Å². The Morgan fingerprint density at radius 3 is 2.55 bits per heavy atom. The number of fused-ring (bicyclic) bond motifs is 1. The van der Waals surface area contributed by atoms with E-state index in [0.717, 1.165) is 32.1 Å². The molecule has 3 aromatic rings. The molecular formula is C25H25FN4O3. The third-order valence-electron chi connectivity index (χ3n) is 7.47. The van der Waals surface area contributed by atoms with E-state index in [0.29, 0.717) is 35.2 Å². The number of ether oxygens (including phenoxy) is 1. The predicted octanol–water partition coefficient (Wildman–Crippen LogP) is 4.08. The number of carbonyl (C=O) groups is 2. The fourth-order valence-corrected chi connectivity index (χ4v) is 6.80. The first kappa shape index (κ1) is 20.2. The molecule has 4 aliphatic rings. The highest BCUT2D eigenvalue weighted by atomic mass is 19.1. The molecule has 8 heteroatoms. The van der Waals surface area contributed by atoms with E-state index < -0.39 is 23.0 Å². The number of rotatable bonds is 4. The number of aromatic nitrogens is 2. The van der Waals surface area contributed by atoms with Gasteiger partial charge in [0, 0.05) is 41.3 Å². The monoisotopic (exact) mass is 448 g/mol. The number of nitrogens with one attached hydrogen (secondary N) is 2. The number of hydrogen-bond donors (Lipinski definition) is 2. The van der Waals surface area contributed by atoms with Crippen LogP contribution in [0.5, 0.6) is 5.75 Å². The zero-order valence-electron chi connectivity index (χ0n) is 18.1. The summed E-state index contributed by atoms with van der Waals surface area (Å²) in [5.41, 5.74) is 0.221. The third kappa shape index (κ3) is 3.73. The molecule has 2 heterocycles. The van der Waals surface area contributed by atoms with E-state index in [1.807, 2.05) is 10.6 Å². The fraction of sp³-hybridized carbons (Fsp3) is 0.400. The Kier molecular flexibility index (Phi) is 4.47. The van der Waals surface area contributed by atoms with Gasteiger partial charge in [0.2, 0.25) is 0 Å². The highest BCUT2D eigenvalue weighted by Crippen LogP contribution is 2.57. The smallest absolute Gasteiger partial charge is 0.410 e. The molecule has 2 amide bonds. The molecule has 7 nitrogen and oxygen atoms in total. The zero-order chi connectivity index (χ0) is 22.6. The van der Waals surface area contributed by atoms with E-state index in [2.05, 4.69) is 15.6 Å². The Hall–Kier alpha value is -3.42. The second-order valence-electron chi connectivity index (χ2n) is 10.1. The van der Waals surface area contributed by atoms with Gasteiger partial charge in [-0.1, -0.05) is 6.07 Å². The van der Waals surface area contributed by atoms with Crippen LogP contribution in [0.4, 0.5) is 9.18 Å². The molecular weight excluding hydrogens is 423 g/mol. The van der Waals surface area contributed by atoms with Gasteiger partial charge < -0.3 is 19.8 Å². The molecule has 0 spiro atoms. The van der Waals surface area contributed by atoms with Gasteiger partial charge in [-0.3, -0.25) is 4.79 Å². The minimum Gasteiger partial charge on any atom is -0.410 e. The summed E-state index contributed by atoms with van der Waals surface area (Å²) in [5, 5.41) is 6.39. The number of imidazole rings is 1. The number of benzene rings is 1. The molecule has 2 unspecified atom stereocenters. The van der Waals surface area contributed by atoms with Gasteiger partial charge in [-0.05, 0) is 74.6 Å². The van der Waals surface area contributed by atoms with Crippen molar-refractivity contribution < 1.29 is 18.7 Å². The third-order valence-corrected chi connectivity index (χ3v) is 7.47. The van der Waals surface area contributed by atoms with Crippen molar-refractivity contribution in [2.24, 2.45) is 11.8 Å². The van der Waals surface area contributed by atoms with Crippen molar-refractivity contribution in [1.82, 2.24) is 20.0 Å². The molecule has 7 rings (SSSR count). The van der Waals surface area contributed by atoms with Gasteiger partial charge in [0.15, 0.2) is 0 Å². The van der Waals surface area contributed by atoms with Crippen LogP contribution in [0.2, 0.25) is 0 Å². The van der Waals surface area contributed by atoms with Crippen molar-refractivity contribution in [2.45, 2.75) is 49.6 Å². The molecule has 2 N–H and O–H groups in total. The molecule has 2 atom stereocenters. The van der Waals surface area contributed by atoms with Gasteiger partial charge >= 0.3 is 6.09 Å². The number of halogens is 1. The summed E-state index contributed by atoms with van der Waals surface area (Å²) in [7, 11) is 0. The summed E-state index contributed by atoms with van der Waals surface area (Å²) >= 11 is 0. The number of amides is 2. The zero-order valence-corrected chi connectivity index (χ0v) is 18.1. The van der Waals surface area contributed by atoms with Gasteiger partial charge in [-0.25, -0.2) is 14.2 Å². The van der Waals surface area contributed by atoms with Crippen molar-refractivity contribution in [2.75, 3.05) is 0 Å². The number of nitrogens with zero attached hydrogens (tertiary/aromatic N) is 2. The van der Waals surface area contributed by atoms with Gasteiger partial charge in [0.05, 0.1) is 0 Å². The van der Waals surface area contributed by atoms with E-state index in [4.69, 9.17) is 4.74 Å². The number of pyridine rings is 1. The summed E-state index contributed by atoms with van der Waals surface area (Å²) in [5.74, 6) is 0.607. The van der Waals surface area contributed by atoms with Crippen LogP contribution in [0, 0.1) is 17.7 Å². The topological polar surface area (TPSA) is 84.7 Å². The normalized spacial score (nSPS) is 29.7. The van der Waals surface area contributed by atoms with E-state index in [9.17, 15) is 14.0 Å². The van der Waals surface area contributed by atoms with Gasteiger partial charge in [0.25, 0.3) is 5.91 Å². The first-order chi connectivity index (χ1) is 15.9. The number of hydrogen-bond acceptors (Lipinski definition) is 4. The lowest BCUT2D eigenvalue weighted by atomic mass is 9.50. The van der Waals surface area contributed by atoms with Gasteiger partial charge in [-0.15, -0.1) is 0 Å². The average Bonchev–Trinajstić information content (AvgIpc) is 3.19.